The van der Waals surface area contributed by atoms with Crippen molar-refractivity contribution in [2.75, 3.05) is 18.7 Å². The Morgan fingerprint density at radius 3 is 2.68 bits per heavy atom. The molecule has 0 atom stereocenters. The molecule has 1 heterocycles. The summed E-state index contributed by atoms with van der Waals surface area (Å²) in [7, 11) is 1.58. The maximum absolute atomic E-state index is 10.4. The van der Waals surface area contributed by atoms with Gasteiger partial charge in [0.05, 0.1) is 13.1 Å². The van der Waals surface area contributed by atoms with Gasteiger partial charge in [0.25, 0.3) is 0 Å². The molecule has 1 aromatic carbocycles. The molecule has 0 spiro atoms. The van der Waals surface area contributed by atoms with Gasteiger partial charge in [0.1, 0.15) is 5.75 Å². The quantitative estimate of drug-likeness (QED) is 0.581. The predicted molar refractivity (Wildman–Crippen MR) is 67.9 cm³/mol. The minimum absolute atomic E-state index is 0.224. The topological polar surface area (TPSA) is 106 Å². The van der Waals surface area contributed by atoms with Crippen molar-refractivity contribution in [2.45, 2.75) is 5.16 Å². The third-order valence-electron chi connectivity index (χ3n) is 2.33. The van der Waals surface area contributed by atoms with Crippen LogP contribution in [0.2, 0.25) is 0 Å². The van der Waals surface area contributed by atoms with Crippen LogP contribution in [0.25, 0.3) is 11.4 Å². The molecule has 0 aliphatic rings. The fourth-order valence-electron chi connectivity index (χ4n) is 1.44. The molecule has 0 unspecified atom stereocenters. The van der Waals surface area contributed by atoms with Gasteiger partial charge in [-0.05, 0) is 24.3 Å². The summed E-state index contributed by atoms with van der Waals surface area (Å²) in [4.78, 5) is 10.4. The maximum Gasteiger partial charge on any atom is 0.210 e. The van der Waals surface area contributed by atoms with Crippen LogP contribution in [0.15, 0.2) is 29.4 Å². The third kappa shape index (κ3) is 2.97. The van der Waals surface area contributed by atoms with Crippen LogP contribution in [0.3, 0.4) is 0 Å². The first-order chi connectivity index (χ1) is 9.11. The molecular formula is C11H11N4O3S-. The number of aliphatic carboxylic acids is 1. The number of carbonyl (C=O) groups is 1. The van der Waals surface area contributed by atoms with Crippen LogP contribution in [0.1, 0.15) is 0 Å². The molecule has 0 saturated heterocycles. The molecule has 0 radical (unpaired) electrons. The van der Waals surface area contributed by atoms with Crippen LogP contribution in [-0.2, 0) is 4.79 Å². The summed E-state index contributed by atoms with van der Waals surface area (Å²) in [5.41, 5.74) is 0.760. The number of carboxylic acid groups (broad SMARTS) is 1. The van der Waals surface area contributed by atoms with Crippen LogP contribution < -0.4 is 15.7 Å². The second-order valence-corrected chi connectivity index (χ2v) is 4.51. The lowest BCUT2D eigenvalue weighted by molar-refractivity contribution is -0.301. The van der Waals surface area contributed by atoms with E-state index in [1.807, 2.05) is 0 Å². The van der Waals surface area contributed by atoms with Gasteiger partial charge in [-0.15, -0.1) is 10.2 Å². The Labute approximate surface area is 113 Å². The van der Waals surface area contributed by atoms with Gasteiger partial charge in [0.15, 0.2) is 5.82 Å². The number of thioether (sulfide) groups is 1. The Bertz CT molecular complexity index is 582. The average Bonchev–Trinajstić information content (AvgIpc) is 2.78. The van der Waals surface area contributed by atoms with Crippen LogP contribution in [0.4, 0.5) is 0 Å². The molecule has 8 heteroatoms. The normalized spacial score (nSPS) is 10.4. The number of nitrogen functional groups attached to an aromatic ring is 1. The second kappa shape index (κ2) is 5.61. The van der Waals surface area contributed by atoms with E-state index in [-0.39, 0.29) is 5.75 Å². The van der Waals surface area contributed by atoms with Crippen molar-refractivity contribution in [3.8, 4) is 17.1 Å². The van der Waals surface area contributed by atoms with Gasteiger partial charge in [0, 0.05) is 11.3 Å². The minimum atomic E-state index is -1.18. The van der Waals surface area contributed by atoms with Gasteiger partial charge in [0.2, 0.25) is 5.16 Å². The Morgan fingerprint density at radius 1 is 1.42 bits per heavy atom. The molecule has 0 fully saturated rings. The monoisotopic (exact) mass is 279 g/mol. The Balaban J connectivity index is 2.22. The highest BCUT2D eigenvalue weighted by atomic mass is 32.2. The second-order valence-electron chi connectivity index (χ2n) is 3.57. The van der Waals surface area contributed by atoms with Crippen LogP contribution >= 0.6 is 11.8 Å². The van der Waals surface area contributed by atoms with E-state index in [9.17, 15) is 9.90 Å². The number of aromatic nitrogens is 3. The predicted octanol–water partition coefficient (Wildman–Crippen LogP) is -0.491. The largest absolute Gasteiger partial charge is 0.549 e. The summed E-state index contributed by atoms with van der Waals surface area (Å²) >= 11 is 0.956. The number of hydrogen-bond donors (Lipinski definition) is 1. The number of carbonyl (C=O) groups excluding carboxylic acids is 1. The van der Waals surface area contributed by atoms with E-state index in [1.165, 1.54) is 4.68 Å². The molecule has 1 aromatic heterocycles. The number of benzene rings is 1. The summed E-state index contributed by atoms with van der Waals surface area (Å²) in [5, 5.41) is 18.5. The maximum atomic E-state index is 10.4. The highest BCUT2D eigenvalue weighted by Crippen LogP contribution is 2.23. The van der Waals surface area contributed by atoms with Crippen molar-refractivity contribution in [2.24, 2.45) is 0 Å². The Kier molecular flexibility index (Phi) is 3.91. The van der Waals surface area contributed by atoms with Gasteiger partial charge in [-0.3, -0.25) is 0 Å². The van der Waals surface area contributed by atoms with Gasteiger partial charge in [-0.1, -0.05) is 11.8 Å². The lowest BCUT2D eigenvalue weighted by atomic mass is 10.2. The van der Waals surface area contributed by atoms with E-state index in [1.54, 1.807) is 31.4 Å². The molecule has 0 saturated carbocycles. The SMILES string of the molecule is COc1ccc(-c2nnc(SCC(=O)[O-])n2N)cc1. The van der Waals surface area contributed by atoms with E-state index in [0.717, 1.165) is 23.1 Å². The van der Waals surface area contributed by atoms with Crippen molar-refractivity contribution in [1.82, 2.24) is 14.9 Å². The summed E-state index contributed by atoms with van der Waals surface area (Å²) in [6.45, 7) is 0. The van der Waals surface area contributed by atoms with Crippen molar-refractivity contribution >= 4 is 17.7 Å². The molecule has 7 nitrogen and oxygen atoms in total. The van der Waals surface area contributed by atoms with E-state index < -0.39 is 5.97 Å². The average molecular weight is 279 g/mol. The summed E-state index contributed by atoms with van der Waals surface area (Å²) in [6, 6.07) is 7.13. The number of ether oxygens (including phenoxy) is 1. The molecule has 0 aliphatic carbocycles. The van der Waals surface area contributed by atoms with Gasteiger partial charge < -0.3 is 20.5 Å². The molecule has 2 aromatic rings. The van der Waals surface area contributed by atoms with Gasteiger partial charge in [-0.2, -0.15) is 0 Å². The first-order valence-corrected chi connectivity index (χ1v) is 6.28. The van der Waals surface area contributed by atoms with Crippen molar-refractivity contribution in [1.29, 1.82) is 0 Å². The van der Waals surface area contributed by atoms with Gasteiger partial charge in [-0.25, -0.2) is 4.68 Å². The first-order valence-electron chi connectivity index (χ1n) is 5.29. The summed E-state index contributed by atoms with van der Waals surface area (Å²) in [6.07, 6.45) is 0. The highest BCUT2D eigenvalue weighted by Gasteiger charge is 2.12. The lowest BCUT2D eigenvalue weighted by Crippen LogP contribution is -2.24. The number of methoxy groups -OCH3 is 1. The fraction of sp³-hybridized carbons (Fsp3) is 0.182. The lowest BCUT2D eigenvalue weighted by Gasteiger charge is -2.05. The number of nitrogens with zero attached hydrogens (tertiary/aromatic N) is 3. The van der Waals surface area contributed by atoms with E-state index in [0.29, 0.717) is 11.0 Å². The van der Waals surface area contributed by atoms with E-state index in [4.69, 9.17) is 10.6 Å². The first kappa shape index (κ1) is 13.2. The molecule has 19 heavy (non-hydrogen) atoms. The van der Waals surface area contributed by atoms with Crippen molar-refractivity contribution in [3.05, 3.63) is 24.3 Å². The number of rotatable bonds is 5. The van der Waals surface area contributed by atoms with Crippen LogP contribution in [-0.4, -0.2) is 33.7 Å². The highest BCUT2D eigenvalue weighted by molar-refractivity contribution is 7.99. The van der Waals surface area contributed by atoms with E-state index in [2.05, 4.69) is 10.2 Å². The van der Waals surface area contributed by atoms with Crippen LogP contribution in [0.5, 0.6) is 5.75 Å². The molecule has 0 aliphatic heterocycles. The Hall–Kier alpha value is -2.22. The molecule has 0 bridgehead atoms. The minimum Gasteiger partial charge on any atom is -0.549 e. The zero-order valence-electron chi connectivity index (χ0n) is 10.1. The third-order valence-corrected chi connectivity index (χ3v) is 3.25. The molecule has 100 valence electrons. The van der Waals surface area contributed by atoms with Crippen molar-refractivity contribution < 1.29 is 14.6 Å². The molecular weight excluding hydrogens is 268 g/mol. The van der Waals surface area contributed by atoms with Gasteiger partial charge >= 0.3 is 0 Å². The fourth-order valence-corrected chi connectivity index (χ4v) is 2.01. The summed E-state index contributed by atoms with van der Waals surface area (Å²) < 4.78 is 6.30. The standard InChI is InChI=1S/C11H12N4O3S/c1-18-8-4-2-7(3-5-8)10-13-14-11(15(10)12)19-6-9(16)17/h2-5H,6,12H2,1H3,(H,16,17)/p-1. The smallest absolute Gasteiger partial charge is 0.210 e. The Morgan fingerprint density at radius 2 is 2.11 bits per heavy atom. The van der Waals surface area contributed by atoms with Crippen LogP contribution in [0, 0.1) is 0 Å². The molecule has 2 rings (SSSR count). The molecule has 0 amide bonds. The number of hydrogen-bond acceptors (Lipinski definition) is 7. The molecule has 2 N–H and O–H groups in total. The van der Waals surface area contributed by atoms with Crippen molar-refractivity contribution in [3.63, 3.8) is 0 Å². The number of carboxylic acids is 1. The van der Waals surface area contributed by atoms with E-state index >= 15 is 0 Å². The zero-order valence-corrected chi connectivity index (χ0v) is 10.9. The zero-order chi connectivity index (χ0) is 13.8. The summed E-state index contributed by atoms with van der Waals surface area (Å²) in [5.74, 6) is 5.58. The number of nitrogens with two attached hydrogens (primary N) is 1.